The number of methoxy groups -OCH3 is 1. The zero-order chi connectivity index (χ0) is 20.1. The molecule has 2 fully saturated rings. The van der Waals surface area contributed by atoms with Gasteiger partial charge < -0.3 is 25.4 Å². The van der Waals surface area contributed by atoms with Crippen molar-refractivity contribution in [1.82, 2.24) is 19.5 Å². The highest BCUT2D eigenvalue weighted by molar-refractivity contribution is 7.48. The average molecular weight is 417 g/mol. The third kappa shape index (κ3) is 3.19. The van der Waals surface area contributed by atoms with Gasteiger partial charge in [0.05, 0.1) is 20.0 Å². The number of anilines is 1. The van der Waals surface area contributed by atoms with Gasteiger partial charge in [0.25, 0.3) is 0 Å². The molecule has 0 amide bonds. The number of fused-ring (bicyclic) bond motifs is 2. The molecule has 2 saturated heterocycles. The maximum Gasteiger partial charge on any atom is 0.475 e. The van der Waals surface area contributed by atoms with Crippen molar-refractivity contribution in [3.8, 4) is 5.88 Å². The number of phosphoric ester groups is 1. The van der Waals surface area contributed by atoms with Crippen molar-refractivity contribution in [1.29, 1.82) is 0 Å². The van der Waals surface area contributed by atoms with E-state index in [0.29, 0.717) is 5.52 Å². The van der Waals surface area contributed by atoms with Gasteiger partial charge in [-0.3, -0.25) is 18.1 Å². The summed E-state index contributed by atoms with van der Waals surface area (Å²) in [5, 5.41) is 19.3. The standard InChI is InChI=1S/C13H16N5O9P/c1-23-11-7-10(16-13(14)17-11)18(4-15-7)12-8(21)9-5(26-12)2-24-28(22,27-9)25-3-6(19)20/h4-5,8-9,12,21H,2-3H2,1H3,(H,19,20)(H2,14,16,17)/t5-,8-,9?,12-,28?/m1/s1. The van der Waals surface area contributed by atoms with E-state index in [9.17, 15) is 14.5 Å². The molecule has 4 N–H and O–H groups in total. The Kier molecular flexibility index (Phi) is 4.69. The molecule has 0 radical (unpaired) electrons. The van der Waals surface area contributed by atoms with Crippen LogP contribution in [0, 0.1) is 0 Å². The zero-order valence-electron chi connectivity index (χ0n) is 14.4. The molecule has 152 valence electrons. The Morgan fingerprint density at radius 3 is 3.00 bits per heavy atom. The Morgan fingerprint density at radius 2 is 2.29 bits per heavy atom. The van der Waals surface area contributed by atoms with Crippen LogP contribution in [0.25, 0.3) is 11.2 Å². The molecule has 15 heteroatoms. The molecular weight excluding hydrogens is 401 g/mol. The number of carboxylic acids is 1. The second kappa shape index (κ2) is 6.92. The van der Waals surface area contributed by atoms with Crippen molar-refractivity contribution in [2.45, 2.75) is 24.5 Å². The van der Waals surface area contributed by atoms with Gasteiger partial charge in [-0.15, -0.1) is 0 Å². The summed E-state index contributed by atoms with van der Waals surface area (Å²) < 4.78 is 39.6. The third-order valence-electron chi connectivity index (χ3n) is 4.18. The number of rotatable bonds is 5. The van der Waals surface area contributed by atoms with E-state index in [2.05, 4.69) is 15.0 Å². The molecule has 4 heterocycles. The van der Waals surface area contributed by atoms with Gasteiger partial charge in [-0.05, 0) is 0 Å². The molecule has 2 aliphatic rings. The first-order chi connectivity index (χ1) is 13.3. The van der Waals surface area contributed by atoms with Gasteiger partial charge in [-0.2, -0.15) is 9.97 Å². The molecule has 2 aliphatic heterocycles. The molecule has 5 atom stereocenters. The Balaban J connectivity index is 1.61. The van der Waals surface area contributed by atoms with Crippen LogP contribution in [-0.4, -0.2) is 74.3 Å². The molecular formula is C13H16N5O9P. The second-order valence-electron chi connectivity index (χ2n) is 5.95. The van der Waals surface area contributed by atoms with E-state index >= 15 is 0 Å². The average Bonchev–Trinajstić information content (AvgIpc) is 3.20. The molecule has 2 aromatic rings. The number of ether oxygens (including phenoxy) is 2. The number of imidazole rings is 1. The van der Waals surface area contributed by atoms with E-state index in [1.165, 1.54) is 18.0 Å². The number of nitrogen functional groups attached to an aromatic ring is 1. The fourth-order valence-electron chi connectivity index (χ4n) is 3.00. The number of aliphatic hydroxyl groups is 1. The van der Waals surface area contributed by atoms with Gasteiger partial charge in [0.15, 0.2) is 24.0 Å². The largest absolute Gasteiger partial charge is 0.480 e. The molecule has 2 unspecified atom stereocenters. The lowest BCUT2D eigenvalue weighted by Gasteiger charge is -2.30. The van der Waals surface area contributed by atoms with E-state index in [-0.39, 0.29) is 24.1 Å². The summed E-state index contributed by atoms with van der Waals surface area (Å²) in [7, 11) is -2.76. The monoisotopic (exact) mass is 417 g/mol. The van der Waals surface area contributed by atoms with Crippen molar-refractivity contribution in [2.75, 3.05) is 26.1 Å². The summed E-state index contributed by atoms with van der Waals surface area (Å²) in [6.45, 7) is -1.11. The van der Waals surface area contributed by atoms with Gasteiger partial charge in [-0.25, -0.2) is 14.3 Å². The topological polar surface area (TPSA) is 190 Å². The fourth-order valence-corrected chi connectivity index (χ4v) is 4.35. The number of hydrogen-bond donors (Lipinski definition) is 3. The zero-order valence-corrected chi connectivity index (χ0v) is 15.3. The minimum absolute atomic E-state index is 0.0674. The maximum atomic E-state index is 12.4. The summed E-state index contributed by atoms with van der Waals surface area (Å²) in [6, 6.07) is 0. The number of nitrogens with two attached hydrogens (primary N) is 1. The van der Waals surface area contributed by atoms with Crippen molar-refractivity contribution < 1.29 is 42.6 Å². The molecule has 28 heavy (non-hydrogen) atoms. The van der Waals surface area contributed by atoms with E-state index < -0.39 is 44.9 Å². The van der Waals surface area contributed by atoms with Gasteiger partial charge in [0.1, 0.15) is 18.3 Å². The van der Waals surface area contributed by atoms with Crippen LogP contribution in [0.15, 0.2) is 6.33 Å². The van der Waals surface area contributed by atoms with Crippen molar-refractivity contribution in [3.63, 3.8) is 0 Å². The van der Waals surface area contributed by atoms with E-state index in [1.807, 2.05) is 0 Å². The maximum absolute atomic E-state index is 12.4. The van der Waals surface area contributed by atoms with Crippen molar-refractivity contribution in [2.24, 2.45) is 0 Å². The molecule has 2 aromatic heterocycles. The van der Waals surface area contributed by atoms with Crippen LogP contribution in [0.3, 0.4) is 0 Å². The molecule has 0 bridgehead atoms. The van der Waals surface area contributed by atoms with Crippen LogP contribution >= 0.6 is 7.82 Å². The molecule has 4 rings (SSSR count). The fraction of sp³-hybridized carbons (Fsp3) is 0.538. The minimum atomic E-state index is -4.16. The third-order valence-corrected chi connectivity index (χ3v) is 5.59. The number of nitrogens with zero attached hydrogens (tertiary/aromatic N) is 4. The highest BCUT2D eigenvalue weighted by atomic mass is 31.2. The lowest BCUT2D eigenvalue weighted by Crippen LogP contribution is -2.39. The van der Waals surface area contributed by atoms with Crippen molar-refractivity contribution >= 4 is 30.9 Å². The van der Waals surface area contributed by atoms with Crippen LogP contribution < -0.4 is 10.5 Å². The van der Waals surface area contributed by atoms with Crippen LogP contribution in [0.1, 0.15) is 6.23 Å². The molecule has 14 nitrogen and oxygen atoms in total. The lowest BCUT2D eigenvalue weighted by molar-refractivity contribution is -0.141. The molecule has 0 spiro atoms. The van der Waals surface area contributed by atoms with Gasteiger partial charge >= 0.3 is 13.8 Å². The number of aliphatic hydroxyl groups excluding tert-OH is 1. The number of carboxylic acid groups (broad SMARTS) is 1. The predicted molar refractivity (Wildman–Crippen MR) is 88.2 cm³/mol. The van der Waals surface area contributed by atoms with Gasteiger partial charge in [0, 0.05) is 0 Å². The minimum Gasteiger partial charge on any atom is -0.480 e. The number of aromatic nitrogens is 4. The first kappa shape index (κ1) is 19.0. The number of aliphatic carboxylic acids is 1. The van der Waals surface area contributed by atoms with Crippen LogP contribution in [0.2, 0.25) is 0 Å². The Labute approximate surface area is 156 Å². The quantitative estimate of drug-likeness (QED) is 0.518. The summed E-state index contributed by atoms with van der Waals surface area (Å²) >= 11 is 0. The first-order valence-corrected chi connectivity index (χ1v) is 9.44. The Morgan fingerprint density at radius 1 is 1.50 bits per heavy atom. The second-order valence-corrected chi connectivity index (χ2v) is 7.57. The van der Waals surface area contributed by atoms with E-state index in [0.717, 1.165) is 0 Å². The van der Waals surface area contributed by atoms with Crippen LogP contribution in [0.5, 0.6) is 5.88 Å². The highest BCUT2D eigenvalue weighted by Gasteiger charge is 2.53. The van der Waals surface area contributed by atoms with Crippen LogP contribution in [-0.2, 0) is 27.7 Å². The summed E-state index contributed by atoms with van der Waals surface area (Å²) in [6.07, 6.45) is -2.84. The van der Waals surface area contributed by atoms with Crippen molar-refractivity contribution in [3.05, 3.63) is 6.33 Å². The predicted octanol–water partition coefficient (Wildman–Crippen LogP) is -0.700. The number of carbonyl (C=O) groups is 1. The highest BCUT2D eigenvalue weighted by Crippen LogP contribution is 2.56. The Bertz CT molecular complexity index is 967. The summed E-state index contributed by atoms with van der Waals surface area (Å²) in [5.74, 6) is -1.26. The number of phosphoric acid groups is 1. The normalized spacial score (nSPS) is 32.4. The summed E-state index contributed by atoms with van der Waals surface area (Å²) in [4.78, 5) is 22.8. The van der Waals surface area contributed by atoms with Crippen LogP contribution in [0.4, 0.5) is 5.95 Å². The number of hydrogen-bond acceptors (Lipinski definition) is 12. The first-order valence-electron chi connectivity index (χ1n) is 7.98. The van der Waals surface area contributed by atoms with Gasteiger partial charge in [0.2, 0.25) is 11.8 Å². The SMILES string of the molecule is COc1nc(N)nc2c1ncn2[C@@H]1O[C@@H]2COP(=O)(OCC(=O)O)OC2[C@H]1O. The molecule has 0 saturated carbocycles. The summed E-state index contributed by atoms with van der Waals surface area (Å²) in [5.41, 5.74) is 6.23. The Hall–Kier alpha value is -2.35. The smallest absolute Gasteiger partial charge is 0.475 e. The van der Waals surface area contributed by atoms with E-state index in [4.69, 9.17) is 33.9 Å². The van der Waals surface area contributed by atoms with E-state index in [1.54, 1.807) is 0 Å². The molecule has 0 aromatic carbocycles. The lowest BCUT2D eigenvalue weighted by atomic mass is 10.1. The molecule has 0 aliphatic carbocycles. The van der Waals surface area contributed by atoms with Gasteiger partial charge in [-0.1, -0.05) is 0 Å².